The summed E-state index contributed by atoms with van der Waals surface area (Å²) < 4.78 is 45.2. The van der Waals surface area contributed by atoms with Crippen molar-refractivity contribution in [1.29, 1.82) is 5.26 Å². The molecule has 2 aromatic carbocycles. The average Bonchev–Trinajstić information content (AvgIpc) is 2.42. The number of ether oxygens (including phenoxy) is 1. The highest BCUT2D eigenvalue weighted by Crippen LogP contribution is 2.24. The van der Waals surface area contributed by atoms with Gasteiger partial charge in [-0.15, -0.1) is 0 Å². The smallest absolute Gasteiger partial charge is 0.167 e. The van der Waals surface area contributed by atoms with Crippen LogP contribution < -0.4 is 10.5 Å². The van der Waals surface area contributed by atoms with Crippen LogP contribution in [-0.4, -0.2) is 0 Å². The average molecular weight is 278 g/mol. The molecule has 0 heterocycles. The van der Waals surface area contributed by atoms with Gasteiger partial charge in [-0.05, 0) is 12.1 Å². The first-order valence-electron chi connectivity index (χ1n) is 5.57. The quantitative estimate of drug-likeness (QED) is 0.877. The number of nitrogen functional groups attached to an aromatic ring is 1. The van der Waals surface area contributed by atoms with Crippen molar-refractivity contribution < 1.29 is 17.9 Å². The molecule has 0 fully saturated rings. The molecule has 0 aliphatic carbocycles. The lowest BCUT2D eigenvalue weighted by Crippen LogP contribution is -2.02. The Hall–Kier alpha value is -2.68. The lowest BCUT2D eigenvalue weighted by atomic mass is 10.1. The molecule has 0 spiro atoms. The Balaban J connectivity index is 2.17. The highest BCUT2D eigenvalue weighted by molar-refractivity contribution is 5.44. The fourth-order valence-corrected chi connectivity index (χ4v) is 1.54. The van der Waals surface area contributed by atoms with Crippen LogP contribution in [0.5, 0.6) is 5.75 Å². The van der Waals surface area contributed by atoms with E-state index in [1.54, 1.807) is 6.07 Å². The Morgan fingerprint density at radius 3 is 2.45 bits per heavy atom. The summed E-state index contributed by atoms with van der Waals surface area (Å²) >= 11 is 0. The zero-order chi connectivity index (χ0) is 14.7. The number of benzene rings is 2. The molecule has 0 amide bonds. The molecular weight excluding hydrogens is 269 g/mol. The maximum Gasteiger partial charge on any atom is 0.167 e. The number of nitriles is 1. The summed E-state index contributed by atoms with van der Waals surface area (Å²) in [6, 6.07) is 7.17. The zero-order valence-electron chi connectivity index (χ0n) is 10.2. The van der Waals surface area contributed by atoms with Gasteiger partial charge in [-0.1, -0.05) is 6.07 Å². The normalized spacial score (nSPS) is 10.1. The van der Waals surface area contributed by atoms with Crippen molar-refractivity contribution in [3.05, 3.63) is 58.9 Å². The van der Waals surface area contributed by atoms with Crippen LogP contribution in [0.3, 0.4) is 0 Å². The fraction of sp³-hybridized carbons (Fsp3) is 0.0714. The molecule has 0 aliphatic heterocycles. The summed E-state index contributed by atoms with van der Waals surface area (Å²) in [5, 5.41) is 8.60. The minimum Gasteiger partial charge on any atom is -0.486 e. The Kier molecular flexibility index (Phi) is 3.80. The molecule has 6 heteroatoms. The SMILES string of the molecule is N#Cc1ccc(COc2cc(F)c(N)cc2F)c(F)c1. The topological polar surface area (TPSA) is 59.0 Å². The minimum atomic E-state index is -0.835. The molecule has 0 saturated carbocycles. The zero-order valence-corrected chi connectivity index (χ0v) is 10.2. The molecule has 0 atom stereocenters. The van der Waals surface area contributed by atoms with Crippen molar-refractivity contribution >= 4 is 5.69 Å². The molecule has 2 N–H and O–H groups in total. The summed E-state index contributed by atoms with van der Waals surface area (Å²) in [7, 11) is 0. The summed E-state index contributed by atoms with van der Waals surface area (Å²) in [6.45, 7) is -0.294. The van der Waals surface area contributed by atoms with E-state index < -0.39 is 17.5 Å². The third-order valence-corrected chi connectivity index (χ3v) is 2.62. The summed E-state index contributed by atoms with van der Waals surface area (Å²) in [4.78, 5) is 0. The second kappa shape index (κ2) is 5.53. The van der Waals surface area contributed by atoms with Gasteiger partial charge in [-0.3, -0.25) is 0 Å². The molecule has 2 aromatic rings. The molecule has 0 radical (unpaired) electrons. The van der Waals surface area contributed by atoms with E-state index in [2.05, 4.69) is 0 Å². The van der Waals surface area contributed by atoms with Gasteiger partial charge in [-0.25, -0.2) is 13.2 Å². The summed E-state index contributed by atoms with van der Waals surface area (Å²) in [6.07, 6.45) is 0. The lowest BCUT2D eigenvalue weighted by Gasteiger charge is -2.09. The Labute approximate surface area is 113 Å². The van der Waals surface area contributed by atoms with E-state index in [1.807, 2.05) is 0 Å². The van der Waals surface area contributed by atoms with E-state index in [4.69, 9.17) is 15.7 Å². The number of rotatable bonds is 3. The van der Waals surface area contributed by atoms with E-state index in [1.165, 1.54) is 12.1 Å². The van der Waals surface area contributed by atoms with Gasteiger partial charge in [-0.2, -0.15) is 5.26 Å². The van der Waals surface area contributed by atoms with Gasteiger partial charge in [0.2, 0.25) is 0 Å². The Morgan fingerprint density at radius 2 is 1.80 bits per heavy atom. The molecule has 0 bridgehead atoms. The molecule has 102 valence electrons. The molecular formula is C14H9F3N2O. The van der Waals surface area contributed by atoms with Crippen molar-refractivity contribution in [3.8, 4) is 11.8 Å². The van der Waals surface area contributed by atoms with Crippen LogP contribution in [0.25, 0.3) is 0 Å². The van der Waals surface area contributed by atoms with Gasteiger partial charge < -0.3 is 10.5 Å². The molecule has 20 heavy (non-hydrogen) atoms. The van der Waals surface area contributed by atoms with Crippen LogP contribution in [0.15, 0.2) is 30.3 Å². The maximum absolute atomic E-state index is 13.6. The van der Waals surface area contributed by atoms with Crippen LogP contribution in [0.1, 0.15) is 11.1 Å². The number of nitrogens with two attached hydrogens (primary N) is 1. The number of hydrogen-bond acceptors (Lipinski definition) is 3. The second-order valence-electron chi connectivity index (χ2n) is 4.01. The molecule has 0 unspecified atom stereocenters. The summed E-state index contributed by atoms with van der Waals surface area (Å²) in [5.74, 6) is -2.67. The van der Waals surface area contributed by atoms with Crippen molar-refractivity contribution in [2.45, 2.75) is 6.61 Å². The minimum absolute atomic E-state index is 0.126. The molecule has 2 rings (SSSR count). The van der Waals surface area contributed by atoms with Crippen LogP contribution in [0.4, 0.5) is 18.9 Å². The van der Waals surface area contributed by atoms with Gasteiger partial charge in [0.15, 0.2) is 11.6 Å². The van der Waals surface area contributed by atoms with Gasteiger partial charge >= 0.3 is 0 Å². The second-order valence-corrected chi connectivity index (χ2v) is 4.01. The molecule has 0 aliphatic rings. The number of anilines is 1. The van der Waals surface area contributed by atoms with Crippen molar-refractivity contribution in [2.75, 3.05) is 5.73 Å². The first-order valence-corrected chi connectivity index (χ1v) is 5.57. The van der Waals surface area contributed by atoms with E-state index >= 15 is 0 Å². The Bertz CT molecular complexity index is 696. The monoisotopic (exact) mass is 278 g/mol. The number of nitrogens with zero attached hydrogens (tertiary/aromatic N) is 1. The van der Waals surface area contributed by atoms with E-state index in [0.29, 0.717) is 0 Å². The summed E-state index contributed by atoms with van der Waals surface area (Å²) in [5.41, 5.74) is 5.15. The highest BCUT2D eigenvalue weighted by atomic mass is 19.1. The van der Waals surface area contributed by atoms with Gasteiger partial charge in [0.1, 0.15) is 18.2 Å². The first-order chi connectivity index (χ1) is 9.51. The maximum atomic E-state index is 13.6. The number of hydrogen-bond donors (Lipinski definition) is 1. The predicted octanol–water partition coefficient (Wildman–Crippen LogP) is 3.14. The van der Waals surface area contributed by atoms with Crippen molar-refractivity contribution in [2.24, 2.45) is 0 Å². The standard InChI is InChI=1S/C14H9F3N2O/c15-10-3-8(6-18)1-2-9(10)7-20-14-5-11(16)13(19)4-12(14)17/h1-5H,7,19H2. The van der Waals surface area contributed by atoms with Crippen molar-refractivity contribution in [1.82, 2.24) is 0 Å². The van der Waals surface area contributed by atoms with Crippen molar-refractivity contribution in [3.63, 3.8) is 0 Å². The van der Waals surface area contributed by atoms with Gasteiger partial charge in [0, 0.05) is 17.7 Å². The number of halogens is 3. The third kappa shape index (κ3) is 2.83. The van der Waals surface area contributed by atoms with Gasteiger partial charge in [0.25, 0.3) is 0 Å². The predicted molar refractivity (Wildman–Crippen MR) is 66.2 cm³/mol. The molecule has 3 nitrogen and oxygen atoms in total. The van der Waals surface area contributed by atoms with E-state index in [0.717, 1.165) is 18.2 Å². The highest BCUT2D eigenvalue weighted by Gasteiger charge is 2.11. The van der Waals surface area contributed by atoms with Crippen LogP contribution in [-0.2, 0) is 6.61 Å². The van der Waals surface area contributed by atoms with E-state index in [9.17, 15) is 13.2 Å². The largest absolute Gasteiger partial charge is 0.486 e. The van der Waals surface area contributed by atoms with Crippen LogP contribution in [0, 0.1) is 28.8 Å². The van der Waals surface area contributed by atoms with Crippen LogP contribution in [0.2, 0.25) is 0 Å². The van der Waals surface area contributed by atoms with Gasteiger partial charge in [0.05, 0.1) is 17.3 Å². The third-order valence-electron chi connectivity index (χ3n) is 2.62. The lowest BCUT2D eigenvalue weighted by molar-refractivity contribution is 0.283. The molecule has 0 aromatic heterocycles. The van der Waals surface area contributed by atoms with Crippen LogP contribution >= 0.6 is 0 Å². The first kappa shape index (κ1) is 13.7. The molecule has 0 saturated heterocycles. The Morgan fingerprint density at radius 1 is 1.05 bits per heavy atom. The van der Waals surface area contributed by atoms with E-state index in [-0.39, 0.29) is 29.2 Å². The fourth-order valence-electron chi connectivity index (χ4n) is 1.54.